The molecule has 1 aliphatic heterocycles. The molecule has 22 heavy (non-hydrogen) atoms. The molecule has 0 radical (unpaired) electrons. The molecule has 1 amide bonds. The van der Waals surface area contributed by atoms with Crippen molar-refractivity contribution in [1.82, 2.24) is 9.80 Å². The first-order valence-electron chi connectivity index (χ1n) is 7.87. The van der Waals surface area contributed by atoms with Crippen LogP contribution in [-0.2, 0) is 4.79 Å². The molecule has 1 aromatic rings. The van der Waals surface area contributed by atoms with E-state index in [1.807, 2.05) is 13.0 Å². The lowest BCUT2D eigenvalue weighted by molar-refractivity contribution is -0.138. The standard InChI is InChI=1S/C18H26N2O.ClH/c1-4-18(21)20-15(2)13-19(14-16(20)3)12-8-11-17-9-6-5-7-10-17;/h5-11,15-16H,4,12-14H2,1-3H3;1H/b11-8+;. The number of halogens is 1. The van der Waals surface area contributed by atoms with Crippen LogP contribution in [-0.4, -0.2) is 47.4 Å². The predicted octanol–water partition coefficient (Wildman–Crippen LogP) is 3.45. The first kappa shape index (κ1) is 18.7. The minimum absolute atomic E-state index is 0. The van der Waals surface area contributed by atoms with Crippen molar-refractivity contribution in [2.75, 3.05) is 19.6 Å². The van der Waals surface area contributed by atoms with Crippen LogP contribution in [0, 0.1) is 0 Å². The SMILES string of the molecule is CCC(=O)N1C(C)CN(C/C=C/c2ccccc2)CC1C.Cl. The smallest absolute Gasteiger partial charge is 0.222 e. The molecule has 2 atom stereocenters. The molecule has 0 N–H and O–H groups in total. The fourth-order valence-electron chi connectivity index (χ4n) is 3.16. The van der Waals surface area contributed by atoms with Gasteiger partial charge in [0.05, 0.1) is 0 Å². The predicted molar refractivity (Wildman–Crippen MR) is 95.2 cm³/mol. The third-order valence-corrected chi connectivity index (χ3v) is 4.06. The summed E-state index contributed by atoms with van der Waals surface area (Å²) in [6.07, 6.45) is 4.98. The van der Waals surface area contributed by atoms with Crippen molar-refractivity contribution in [2.24, 2.45) is 0 Å². The van der Waals surface area contributed by atoms with Crippen LogP contribution in [0.25, 0.3) is 6.08 Å². The molecule has 3 nitrogen and oxygen atoms in total. The summed E-state index contributed by atoms with van der Waals surface area (Å²) in [4.78, 5) is 16.5. The number of rotatable bonds is 4. The summed E-state index contributed by atoms with van der Waals surface area (Å²) in [5.74, 6) is 0.273. The molecule has 2 rings (SSSR count). The molecule has 0 spiro atoms. The topological polar surface area (TPSA) is 23.6 Å². The Morgan fingerprint density at radius 1 is 1.18 bits per heavy atom. The summed E-state index contributed by atoms with van der Waals surface area (Å²) >= 11 is 0. The summed E-state index contributed by atoms with van der Waals surface area (Å²) in [6.45, 7) is 9.09. The lowest BCUT2D eigenvalue weighted by Crippen LogP contribution is -2.58. The third-order valence-electron chi connectivity index (χ3n) is 4.06. The van der Waals surface area contributed by atoms with Gasteiger partial charge in [-0.05, 0) is 19.4 Å². The van der Waals surface area contributed by atoms with Crippen molar-refractivity contribution < 1.29 is 4.79 Å². The van der Waals surface area contributed by atoms with E-state index in [-0.39, 0.29) is 18.3 Å². The maximum Gasteiger partial charge on any atom is 0.222 e. The fraction of sp³-hybridized carbons (Fsp3) is 0.500. The second-order valence-corrected chi connectivity index (χ2v) is 5.88. The summed E-state index contributed by atoms with van der Waals surface area (Å²) in [5.41, 5.74) is 1.23. The summed E-state index contributed by atoms with van der Waals surface area (Å²) in [5, 5.41) is 0. The van der Waals surface area contributed by atoms with Gasteiger partial charge in [0.1, 0.15) is 0 Å². The quantitative estimate of drug-likeness (QED) is 0.847. The van der Waals surface area contributed by atoms with E-state index in [1.165, 1.54) is 5.56 Å². The highest BCUT2D eigenvalue weighted by atomic mass is 35.5. The van der Waals surface area contributed by atoms with Crippen molar-refractivity contribution in [2.45, 2.75) is 39.3 Å². The highest BCUT2D eigenvalue weighted by Crippen LogP contribution is 2.17. The number of hydrogen-bond acceptors (Lipinski definition) is 2. The molecular weight excluding hydrogens is 296 g/mol. The Hall–Kier alpha value is -1.32. The van der Waals surface area contributed by atoms with Crippen LogP contribution < -0.4 is 0 Å². The van der Waals surface area contributed by atoms with Gasteiger partial charge in [0.15, 0.2) is 0 Å². The second-order valence-electron chi connectivity index (χ2n) is 5.88. The molecule has 0 aliphatic carbocycles. The van der Waals surface area contributed by atoms with Gasteiger partial charge in [0, 0.05) is 38.1 Å². The Bertz CT molecular complexity index is 477. The van der Waals surface area contributed by atoms with Gasteiger partial charge in [-0.1, -0.05) is 49.4 Å². The number of nitrogens with zero attached hydrogens (tertiary/aromatic N) is 2. The Labute approximate surface area is 140 Å². The number of amides is 1. The van der Waals surface area contributed by atoms with E-state index in [4.69, 9.17) is 0 Å². The van der Waals surface area contributed by atoms with Crippen LogP contribution >= 0.6 is 12.4 Å². The summed E-state index contributed by atoms with van der Waals surface area (Å²) in [6, 6.07) is 11.0. The van der Waals surface area contributed by atoms with Crippen LogP contribution in [0.2, 0.25) is 0 Å². The highest BCUT2D eigenvalue weighted by molar-refractivity contribution is 5.85. The van der Waals surface area contributed by atoms with Gasteiger partial charge in [0.2, 0.25) is 5.91 Å². The molecule has 0 bridgehead atoms. The minimum atomic E-state index is 0. The monoisotopic (exact) mass is 322 g/mol. The van der Waals surface area contributed by atoms with E-state index < -0.39 is 0 Å². The fourth-order valence-corrected chi connectivity index (χ4v) is 3.16. The molecule has 0 saturated carbocycles. The molecule has 1 heterocycles. The third kappa shape index (κ3) is 4.85. The number of hydrogen-bond donors (Lipinski definition) is 0. The molecular formula is C18H27ClN2O. The van der Waals surface area contributed by atoms with Crippen molar-refractivity contribution in [3.8, 4) is 0 Å². The van der Waals surface area contributed by atoms with E-state index in [9.17, 15) is 4.79 Å². The molecule has 2 unspecified atom stereocenters. The largest absolute Gasteiger partial charge is 0.335 e. The number of benzene rings is 1. The van der Waals surface area contributed by atoms with Gasteiger partial charge in [-0.15, -0.1) is 12.4 Å². The zero-order valence-corrected chi connectivity index (χ0v) is 14.6. The minimum Gasteiger partial charge on any atom is -0.335 e. The van der Waals surface area contributed by atoms with E-state index in [1.54, 1.807) is 0 Å². The van der Waals surface area contributed by atoms with E-state index in [0.29, 0.717) is 18.5 Å². The van der Waals surface area contributed by atoms with Crippen LogP contribution in [0.3, 0.4) is 0 Å². The number of carbonyl (C=O) groups is 1. The normalized spacial score (nSPS) is 22.6. The van der Waals surface area contributed by atoms with Gasteiger partial charge in [-0.2, -0.15) is 0 Å². The zero-order chi connectivity index (χ0) is 15.2. The lowest BCUT2D eigenvalue weighted by atomic mass is 10.1. The highest BCUT2D eigenvalue weighted by Gasteiger charge is 2.31. The van der Waals surface area contributed by atoms with Gasteiger partial charge in [-0.3, -0.25) is 9.69 Å². The Morgan fingerprint density at radius 3 is 2.32 bits per heavy atom. The summed E-state index contributed by atoms with van der Waals surface area (Å²) in [7, 11) is 0. The van der Waals surface area contributed by atoms with Crippen LogP contribution in [0.5, 0.6) is 0 Å². The molecule has 1 fully saturated rings. The van der Waals surface area contributed by atoms with Crippen molar-refractivity contribution in [3.63, 3.8) is 0 Å². The van der Waals surface area contributed by atoms with Crippen LogP contribution in [0.15, 0.2) is 36.4 Å². The molecule has 1 saturated heterocycles. The van der Waals surface area contributed by atoms with Gasteiger partial charge in [0.25, 0.3) is 0 Å². The average Bonchev–Trinajstić information content (AvgIpc) is 2.47. The number of carbonyl (C=O) groups excluding carboxylic acids is 1. The average molecular weight is 323 g/mol. The van der Waals surface area contributed by atoms with Crippen LogP contribution in [0.4, 0.5) is 0 Å². The molecule has 1 aromatic carbocycles. The first-order valence-corrected chi connectivity index (χ1v) is 7.87. The molecule has 1 aliphatic rings. The zero-order valence-electron chi connectivity index (χ0n) is 13.7. The number of piperazine rings is 1. The van der Waals surface area contributed by atoms with E-state index in [2.05, 4.69) is 60.1 Å². The Balaban J connectivity index is 0.00000242. The maximum absolute atomic E-state index is 12.0. The molecule has 4 heteroatoms. The lowest BCUT2D eigenvalue weighted by Gasteiger charge is -2.44. The molecule has 0 aromatic heterocycles. The summed E-state index contributed by atoms with van der Waals surface area (Å²) < 4.78 is 0. The molecule has 122 valence electrons. The van der Waals surface area contributed by atoms with Gasteiger partial charge < -0.3 is 4.90 Å². The Kier molecular flexibility index (Phi) is 7.63. The van der Waals surface area contributed by atoms with Crippen molar-refractivity contribution in [1.29, 1.82) is 0 Å². The maximum atomic E-state index is 12.0. The Morgan fingerprint density at radius 2 is 1.77 bits per heavy atom. The van der Waals surface area contributed by atoms with Gasteiger partial charge >= 0.3 is 0 Å². The van der Waals surface area contributed by atoms with Gasteiger partial charge in [-0.25, -0.2) is 0 Å². The van der Waals surface area contributed by atoms with E-state index >= 15 is 0 Å². The second kappa shape index (κ2) is 8.96. The van der Waals surface area contributed by atoms with Crippen molar-refractivity contribution in [3.05, 3.63) is 42.0 Å². The van der Waals surface area contributed by atoms with E-state index in [0.717, 1.165) is 19.6 Å². The van der Waals surface area contributed by atoms with Crippen molar-refractivity contribution >= 4 is 24.4 Å². The first-order chi connectivity index (χ1) is 10.1. The van der Waals surface area contributed by atoms with Crippen LogP contribution in [0.1, 0.15) is 32.8 Å².